The molecule has 0 aliphatic carbocycles. The molecule has 0 saturated heterocycles. The van der Waals surface area contributed by atoms with Gasteiger partial charge in [0.15, 0.2) is 0 Å². The zero-order valence-corrected chi connectivity index (χ0v) is 11.8. The molecule has 2 nitrogen and oxygen atoms in total. The van der Waals surface area contributed by atoms with Gasteiger partial charge in [-0.25, -0.2) is 0 Å². The van der Waals surface area contributed by atoms with E-state index in [1.54, 1.807) is 11.8 Å². The molecule has 0 bridgehead atoms. The van der Waals surface area contributed by atoms with Gasteiger partial charge in [-0.3, -0.25) is 4.79 Å². The number of benzene rings is 2. The number of nitrogens with one attached hydrogen (secondary N) is 1. The number of aryl methyl sites for hydroxylation is 2. The number of hydrogen-bond acceptors (Lipinski definition) is 2. The number of carbonyl (C=O) groups is 1. The molecule has 2 aromatic carbocycles. The third kappa shape index (κ3) is 2.15. The third-order valence-electron chi connectivity index (χ3n) is 3.42. The summed E-state index contributed by atoms with van der Waals surface area (Å²) in [6.07, 6.45) is 0.979. The van der Waals surface area contributed by atoms with Crippen molar-refractivity contribution in [3.05, 3.63) is 53.1 Å². The molecule has 96 valence electrons. The molecule has 3 heteroatoms. The Morgan fingerprint density at radius 2 is 1.95 bits per heavy atom. The molecular weight excluding hydrogens is 254 g/mol. The second-order valence-electron chi connectivity index (χ2n) is 4.68. The molecular formula is C16H15NOS. The van der Waals surface area contributed by atoms with Crippen molar-refractivity contribution in [3.63, 3.8) is 0 Å². The number of rotatable bonds is 1. The van der Waals surface area contributed by atoms with Gasteiger partial charge in [-0.15, -0.1) is 0 Å². The lowest BCUT2D eigenvalue weighted by Crippen LogP contribution is -2.11. The predicted molar refractivity (Wildman–Crippen MR) is 79.1 cm³/mol. The summed E-state index contributed by atoms with van der Waals surface area (Å²) in [5.41, 5.74) is 4.24. The van der Waals surface area contributed by atoms with Crippen LogP contribution < -0.4 is 5.32 Å². The van der Waals surface area contributed by atoms with Crippen molar-refractivity contribution >= 4 is 23.4 Å². The first-order chi connectivity index (χ1) is 9.19. The Bertz CT molecular complexity index is 664. The van der Waals surface area contributed by atoms with Gasteiger partial charge in [0.05, 0.1) is 11.3 Å². The SMILES string of the molecule is CCc1cc2c(cc1C)Sc1ccccc1C(=O)N2. The molecule has 0 aromatic heterocycles. The van der Waals surface area contributed by atoms with E-state index < -0.39 is 0 Å². The van der Waals surface area contributed by atoms with Gasteiger partial charge >= 0.3 is 0 Å². The van der Waals surface area contributed by atoms with Crippen molar-refractivity contribution in [2.45, 2.75) is 30.1 Å². The molecule has 1 aliphatic rings. The largest absolute Gasteiger partial charge is 0.321 e. The van der Waals surface area contributed by atoms with E-state index in [9.17, 15) is 4.79 Å². The van der Waals surface area contributed by atoms with Crippen molar-refractivity contribution in [1.82, 2.24) is 0 Å². The van der Waals surface area contributed by atoms with Crippen LogP contribution >= 0.6 is 11.8 Å². The number of anilines is 1. The van der Waals surface area contributed by atoms with E-state index in [0.717, 1.165) is 27.5 Å². The highest BCUT2D eigenvalue weighted by Gasteiger charge is 2.20. The maximum absolute atomic E-state index is 12.2. The Balaban J connectivity index is 2.15. The Morgan fingerprint density at radius 1 is 1.16 bits per heavy atom. The maximum Gasteiger partial charge on any atom is 0.256 e. The van der Waals surface area contributed by atoms with Crippen LogP contribution in [0.25, 0.3) is 0 Å². The van der Waals surface area contributed by atoms with E-state index in [1.807, 2.05) is 24.3 Å². The molecule has 0 spiro atoms. The van der Waals surface area contributed by atoms with E-state index in [1.165, 1.54) is 11.1 Å². The summed E-state index contributed by atoms with van der Waals surface area (Å²) >= 11 is 1.66. The fourth-order valence-electron chi connectivity index (χ4n) is 2.34. The summed E-state index contributed by atoms with van der Waals surface area (Å²) < 4.78 is 0. The number of amides is 1. The number of carbonyl (C=O) groups excluding carboxylic acids is 1. The Kier molecular flexibility index (Phi) is 3.07. The van der Waals surface area contributed by atoms with Crippen LogP contribution in [0.1, 0.15) is 28.4 Å². The van der Waals surface area contributed by atoms with Crippen LogP contribution in [0.5, 0.6) is 0 Å². The van der Waals surface area contributed by atoms with Crippen molar-refractivity contribution in [1.29, 1.82) is 0 Å². The summed E-state index contributed by atoms with van der Waals surface area (Å²) in [7, 11) is 0. The van der Waals surface area contributed by atoms with E-state index in [0.29, 0.717) is 0 Å². The lowest BCUT2D eigenvalue weighted by molar-refractivity contribution is 0.102. The third-order valence-corrected chi connectivity index (χ3v) is 4.55. The summed E-state index contributed by atoms with van der Waals surface area (Å²) in [6, 6.07) is 12.0. The number of fused-ring (bicyclic) bond motifs is 2. The topological polar surface area (TPSA) is 29.1 Å². The molecule has 0 saturated carbocycles. The van der Waals surface area contributed by atoms with E-state index in [-0.39, 0.29) is 5.91 Å². The Hall–Kier alpha value is -1.74. The average molecular weight is 269 g/mol. The molecule has 0 radical (unpaired) electrons. The van der Waals surface area contributed by atoms with Crippen LogP contribution in [0.15, 0.2) is 46.2 Å². The van der Waals surface area contributed by atoms with Crippen LogP contribution in [-0.4, -0.2) is 5.91 Å². The first kappa shape index (κ1) is 12.3. The standard InChI is InChI=1S/C16H15NOS/c1-3-11-9-13-15(8-10(11)2)19-14-7-5-4-6-12(14)16(18)17-13/h4-9H,3H2,1-2H3,(H,17,18). The highest BCUT2D eigenvalue weighted by molar-refractivity contribution is 7.99. The summed E-state index contributed by atoms with van der Waals surface area (Å²) in [5.74, 6) is -0.0206. The van der Waals surface area contributed by atoms with Gasteiger partial charge < -0.3 is 5.32 Å². The number of hydrogen-bond donors (Lipinski definition) is 1. The van der Waals surface area contributed by atoms with Gasteiger partial charge in [0.1, 0.15) is 0 Å². The van der Waals surface area contributed by atoms with Crippen LogP contribution in [0.3, 0.4) is 0 Å². The Morgan fingerprint density at radius 3 is 2.74 bits per heavy atom. The quantitative estimate of drug-likeness (QED) is 0.837. The first-order valence-corrected chi connectivity index (χ1v) is 7.22. The zero-order valence-electron chi connectivity index (χ0n) is 11.0. The lowest BCUT2D eigenvalue weighted by Gasteiger charge is -2.11. The fourth-order valence-corrected chi connectivity index (χ4v) is 3.45. The van der Waals surface area contributed by atoms with Crippen molar-refractivity contribution in [2.75, 3.05) is 5.32 Å². The minimum atomic E-state index is -0.0206. The van der Waals surface area contributed by atoms with Crippen LogP contribution in [0.2, 0.25) is 0 Å². The van der Waals surface area contributed by atoms with Crippen molar-refractivity contribution in [2.24, 2.45) is 0 Å². The monoisotopic (exact) mass is 269 g/mol. The minimum absolute atomic E-state index is 0.0206. The molecule has 0 fully saturated rings. The minimum Gasteiger partial charge on any atom is -0.321 e. The zero-order chi connectivity index (χ0) is 13.4. The molecule has 2 aromatic rings. The first-order valence-electron chi connectivity index (χ1n) is 6.41. The molecule has 19 heavy (non-hydrogen) atoms. The van der Waals surface area contributed by atoms with Gasteiger partial charge in [0.25, 0.3) is 5.91 Å². The second kappa shape index (κ2) is 4.74. The molecule has 1 amide bonds. The molecule has 0 unspecified atom stereocenters. The summed E-state index contributed by atoms with van der Waals surface area (Å²) in [6.45, 7) is 4.26. The molecule has 1 N–H and O–H groups in total. The van der Waals surface area contributed by atoms with Crippen LogP contribution in [0.4, 0.5) is 5.69 Å². The van der Waals surface area contributed by atoms with E-state index in [4.69, 9.17) is 0 Å². The lowest BCUT2D eigenvalue weighted by atomic mass is 10.1. The van der Waals surface area contributed by atoms with Crippen LogP contribution in [0, 0.1) is 6.92 Å². The van der Waals surface area contributed by atoms with Crippen molar-refractivity contribution < 1.29 is 4.79 Å². The van der Waals surface area contributed by atoms with Crippen LogP contribution in [-0.2, 0) is 6.42 Å². The molecule has 3 rings (SSSR count). The summed E-state index contributed by atoms with van der Waals surface area (Å²) in [4.78, 5) is 14.4. The van der Waals surface area contributed by atoms with Crippen molar-refractivity contribution in [3.8, 4) is 0 Å². The van der Waals surface area contributed by atoms with Gasteiger partial charge in [0, 0.05) is 9.79 Å². The smallest absolute Gasteiger partial charge is 0.256 e. The normalized spacial score (nSPS) is 13.3. The predicted octanol–water partition coefficient (Wildman–Crippen LogP) is 4.27. The van der Waals surface area contributed by atoms with Gasteiger partial charge in [0.2, 0.25) is 0 Å². The average Bonchev–Trinajstić information content (AvgIpc) is 2.54. The molecule has 0 atom stereocenters. The highest BCUT2D eigenvalue weighted by Crippen LogP contribution is 2.39. The van der Waals surface area contributed by atoms with E-state index in [2.05, 4.69) is 31.3 Å². The molecule has 1 heterocycles. The van der Waals surface area contributed by atoms with E-state index >= 15 is 0 Å². The Labute approximate surface area is 117 Å². The second-order valence-corrected chi connectivity index (χ2v) is 5.76. The van der Waals surface area contributed by atoms with Gasteiger partial charge in [-0.1, -0.05) is 30.8 Å². The maximum atomic E-state index is 12.2. The highest BCUT2D eigenvalue weighted by atomic mass is 32.2. The summed E-state index contributed by atoms with van der Waals surface area (Å²) in [5, 5.41) is 3.02. The molecule has 1 aliphatic heterocycles. The van der Waals surface area contributed by atoms with Gasteiger partial charge in [-0.05, 0) is 48.7 Å². The fraction of sp³-hybridized carbons (Fsp3) is 0.188. The van der Waals surface area contributed by atoms with Gasteiger partial charge in [-0.2, -0.15) is 0 Å².